The molecule has 0 radical (unpaired) electrons. The molecule has 1 nitrogen and oxygen atoms in total. The smallest absolute Gasteiger partial charge is 0.294 e. The molecule has 1 aromatic rings. The Morgan fingerprint density at radius 3 is 2.23 bits per heavy atom. The maximum Gasteiger partial charge on any atom is 0.416 e. The summed E-state index contributed by atoms with van der Waals surface area (Å²) >= 11 is 0. The van der Waals surface area contributed by atoms with Gasteiger partial charge in [-0.3, -0.25) is 4.79 Å². The van der Waals surface area contributed by atoms with Crippen LogP contribution in [0.4, 0.5) is 13.2 Å². The van der Waals surface area contributed by atoms with Gasteiger partial charge in [0.2, 0.25) is 0 Å². The molecule has 2 fully saturated rings. The topological polar surface area (TPSA) is 17.1 Å². The van der Waals surface area contributed by atoms with E-state index in [-0.39, 0.29) is 11.7 Å². The minimum absolute atomic E-state index is 0.142. The van der Waals surface area contributed by atoms with E-state index in [1.54, 1.807) is 6.08 Å². The molecule has 0 N–H and O–H groups in total. The lowest BCUT2D eigenvalue weighted by Crippen LogP contribution is -2.16. The second-order valence-corrected chi connectivity index (χ2v) is 6.34. The fraction of sp³-hybridized carbons (Fsp3) is 0.500. The SMILES string of the molecule is O=C1C(=Cc2ccc(C(F)(F)F)cc2)CCC1C1CCCC1. The van der Waals surface area contributed by atoms with Crippen LogP contribution >= 0.6 is 0 Å². The van der Waals surface area contributed by atoms with E-state index in [2.05, 4.69) is 0 Å². The molecule has 2 saturated carbocycles. The number of hydrogen-bond acceptors (Lipinski definition) is 1. The summed E-state index contributed by atoms with van der Waals surface area (Å²) in [5, 5.41) is 0. The Hall–Kier alpha value is -1.58. The van der Waals surface area contributed by atoms with Crippen LogP contribution in [-0.4, -0.2) is 5.78 Å². The third-order valence-corrected chi connectivity index (χ3v) is 4.93. The van der Waals surface area contributed by atoms with Gasteiger partial charge < -0.3 is 0 Å². The summed E-state index contributed by atoms with van der Waals surface area (Å²) < 4.78 is 37.6. The molecular formula is C18H19F3O. The molecule has 2 aliphatic carbocycles. The number of hydrogen-bond donors (Lipinski definition) is 0. The standard InChI is InChI=1S/C18H19F3O/c19-18(20,21)15-8-5-12(6-9-15)11-14-7-10-16(17(14)22)13-3-1-2-4-13/h5-6,8-9,11,13,16H,1-4,7,10H2. The third-order valence-electron chi connectivity index (χ3n) is 4.93. The van der Waals surface area contributed by atoms with Crippen molar-refractivity contribution in [1.29, 1.82) is 0 Å². The Bertz CT molecular complexity index is 577. The highest BCUT2D eigenvalue weighted by atomic mass is 19.4. The van der Waals surface area contributed by atoms with Crippen molar-refractivity contribution in [3.05, 3.63) is 41.0 Å². The highest BCUT2D eigenvalue weighted by Crippen LogP contribution is 2.41. The summed E-state index contributed by atoms with van der Waals surface area (Å²) in [6, 6.07) is 5.01. The van der Waals surface area contributed by atoms with E-state index in [4.69, 9.17) is 0 Å². The summed E-state index contributed by atoms with van der Waals surface area (Å²) in [4.78, 5) is 12.5. The molecule has 2 aliphatic rings. The van der Waals surface area contributed by atoms with Gasteiger partial charge in [0, 0.05) is 5.92 Å². The van der Waals surface area contributed by atoms with E-state index in [0.717, 1.165) is 43.4 Å². The number of Topliss-reactive ketones (excluding diaryl/α,β-unsaturated/α-hetero) is 1. The van der Waals surface area contributed by atoms with Crippen LogP contribution in [0, 0.1) is 11.8 Å². The van der Waals surface area contributed by atoms with Crippen molar-refractivity contribution < 1.29 is 18.0 Å². The molecule has 0 saturated heterocycles. The first-order chi connectivity index (χ1) is 10.4. The molecule has 0 aromatic heterocycles. The van der Waals surface area contributed by atoms with Crippen molar-refractivity contribution in [3.63, 3.8) is 0 Å². The van der Waals surface area contributed by atoms with Crippen molar-refractivity contribution in [2.75, 3.05) is 0 Å². The first-order valence-corrected chi connectivity index (χ1v) is 7.87. The van der Waals surface area contributed by atoms with E-state index in [1.165, 1.54) is 25.0 Å². The average molecular weight is 308 g/mol. The van der Waals surface area contributed by atoms with E-state index < -0.39 is 11.7 Å². The van der Waals surface area contributed by atoms with Crippen LogP contribution in [0.5, 0.6) is 0 Å². The lowest BCUT2D eigenvalue weighted by molar-refractivity contribution is -0.137. The van der Waals surface area contributed by atoms with Crippen LogP contribution in [0.1, 0.15) is 49.7 Å². The molecular weight excluding hydrogens is 289 g/mol. The van der Waals surface area contributed by atoms with Gasteiger partial charge in [-0.05, 0) is 60.9 Å². The van der Waals surface area contributed by atoms with Gasteiger partial charge in [0.15, 0.2) is 5.78 Å². The van der Waals surface area contributed by atoms with Gasteiger partial charge in [-0.2, -0.15) is 13.2 Å². The summed E-state index contributed by atoms with van der Waals surface area (Å²) in [6.07, 6.45) is 3.81. The molecule has 22 heavy (non-hydrogen) atoms. The van der Waals surface area contributed by atoms with Crippen LogP contribution in [0.3, 0.4) is 0 Å². The zero-order chi connectivity index (χ0) is 15.7. The van der Waals surface area contributed by atoms with Crippen molar-refractivity contribution >= 4 is 11.9 Å². The minimum Gasteiger partial charge on any atom is -0.294 e. The number of ketones is 1. The molecule has 118 valence electrons. The monoisotopic (exact) mass is 308 g/mol. The van der Waals surface area contributed by atoms with Crippen LogP contribution in [0.2, 0.25) is 0 Å². The van der Waals surface area contributed by atoms with Crippen molar-refractivity contribution in [3.8, 4) is 0 Å². The largest absolute Gasteiger partial charge is 0.416 e. The molecule has 0 amide bonds. The maximum absolute atomic E-state index is 12.5. The highest BCUT2D eigenvalue weighted by molar-refractivity contribution is 6.03. The number of alkyl halides is 3. The van der Waals surface area contributed by atoms with Gasteiger partial charge in [0.25, 0.3) is 0 Å². The molecule has 3 rings (SSSR count). The fourth-order valence-electron chi connectivity index (χ4n) is 3.73. The zero-order valence-electron chi connectivity index (χ0n) is 12.3. The lowest BCUT2D eigenvalue weighted by atomic mass is 9.88. The second kappa shape index (κ2) is 5.90. The average Bonchev–Trinajstić information content (AvgIpc) is 3.09. The molecule has 4 heteroatoms. The molecule has 1 atom stereocenters. The van der Waals surface area contributed by atoms with Gasteiger partial charge >= 0.3 is 6.18 Å². The molecule has 1 unspecified atom stereocenters. The Labute approximate surface area is 128 Å². The van der Waals surface area contributed by atoms with Crippen LogP contribution in [0.25, 0.3) is 6.08 Å². The normalized spacial score (nSPS) is 25.3. The van der Waals surface area contributed by atoms with Crippen molar-refractivity contribution in [2.24, 2.45) is 11.8 Å². The third kappa shape index (κ3) is 3.11. The minimum atomic E-state index is -4.32. The van der Waals surface area contributed by atoms with Crippen LogP contribution in [0.15, 0.2) is 29.8 Å². The quantitative estimate of drug-likeness (QED) is 0.681. The summed E-state index contributed by atoms with van der Waals surface area (Å²) in [5.41, 5.74) is 0.788. The number of carbonyl (C=O) groups excluding carboxylic acids is 1. The Morgan fingerprint density at radius 1 is 1.00 bits per heavy atom. The molecule has 0 heterocycles. The predicted octanol–water partition coefficient (Wildman–Crippen LogP) is 5.26. The Morgan fingerprint density at radius 2 is 1.64 bits per heavy atom. The number of carbonyl (C=O) groups is 1. The summed E-state index contributed by atoms with van der Waals surface area (Å²) in [5.74, 6) is 0.876. The molecule has 1 aromatic carbocycles. The fourth-order valence-corrected chi connectivity index (χ4v) is 3.73. The van der Waals surface area contributed by atoms with E-state index in [9.17, 15) is 18.0 Å². The van der Waals surface area contributed by atoms with Gasteiger partial charge in [0.05, 0.1) is 5.56 Å². The van der Waals surface area contributed by atoms with Gasteiger partial charge in [-0.25, -0.2) is 0 Å². The second-order valence-electron chi connectivity index (χ2n) is 6.34. The Kier molecular flexibility index (Phi) is 4.11. The zero-order valence-corrected chi connectivity index (χ0v) is 12.3. The summed E-state index contributed by atoms with van der Waals surface area (Å²) in [6.45, 7) is 0. The maximum atomic E-state index is 12.5. The van der Waals surface area contributed by atoms with Gasteiger partial charge in [-0.1, -0.05) is 25.0 Å². The number of rotatable bonds is 2. The lowest BCUT2D eigenvalue weighted by Gasteiger charge is -2.15. The Balaban J connectivity index is 1.74. The van der Waals surface area contributed by atoms with Crippen molar-refractivity contribution in [1.82, 2.24) is 0 Å². The predicted molar refractivity (Wildman–Crippen MR) is 79.1 cm³/mol. The van der Waals surface area contributed by atoms with Gasteiger partial charge in [-0.15, -0.1) is 0 Å². The summed E-state index contributed by atoms with van der Waals surface area (Å²) in [7, 11) is 0. The number of allylic oxidation sites excluding steroid dienone is 1. The molecule has 0 aliphatic heterocycles. The highest BCUT2D eigenvalue weighted by Gasteiger charge is 2.36. The van der Waals surface area contributed by atoms with E-state index >= 15 is 0 Å². The molecule has 0 bridgehead atoms. The first-order valence-electron chi connectivity index (χ1n) is 7.87. The van der Waals surface area contributed by atoms with Gasteiger partial charge in [0.1, 0.15) is 0 Å². The first kappa shape index (κ1) is 15.3. The van der Waals surface area contributed by atoms with Crippen LogP contribution in [-0.2, 0) is 11.0 Å². The number of benzene rings is 1. The van der Waals surface area contributed by atoms with E-state index in [0.29, 0.717) is 11.5 Å². The number of halogens is 3. The van der Waals surface area contributed by atoms with Crippen LogP contribution < -0.4 is 0 Å². The van der Waals surface area contributed by atoms with Crippen molar-refractivity contribution in [2.45, 2.75) is 44.7 Å². The molecule has 0 spiro atoms. The van der Waals surface area contributed by atoms with E-state index in [1.807, 2.05) is 0 Å².